The fraction of sp³-hybridized carbons (Fsp3) is 0.438. The molecule has 0 aromatic heterocycles. The van der Waals surface area contributed by atoms with Gasteiger partial charge in [-0.3, -0.25) is 9.59 Å². The number of nitrogens with zero attached hydrogens (tertiary/aromatic N) is 1. The van der Waals surface area contributed by atoms with Gasteiger partial charge in [-0.05, 0) is 44.0 Å². The van der Waals surface area contributed by atoms with Gasteiger partial charge in [0.25, 0.3) is 5.91 Å². The molecule has 1 aliphatic carbocycles. The molecule has 0 atom stereocenters. The Balaban J connectivity index is 1.80. The van der Waals surface area contributed by atoms with E-state index in [2.05, 4.69) is 15.8 Å². The smallest absolute Gasteiger partial charge is 0.271 e. The molecule has 5 nitrogen and oxygen atoms in total. The van der Waals surface area contributed by atoms with Crippen molar-refractivity contribution in [3.8, 4) is 0 Å². The average Bonchev–Trinajstić information content (AvgIpc) is 2.98. The van der Waals surface area contributed by atoms with E-state index in [1.165, 1.54) is 24.3 Å². The summed E-state index contributed by atoms with van der Waals surface area (Å²) in [5.41, 5.74) is 3.20. The van der Waals surface area contributed by atoms with Crippen LogP contribution in [-0.4, -0.2) is 23.6 Å². The molecule has 0 bridgehead atoms. The van der Waals surface area contributed by atoms with Crippen LogP contribution in [-0.2, 0) is 4.79 Å². The van der Waals surface area contributed by atoms with Gasteiger partial charge in [-0.25, -0.2) is 9.82 Å². The molecule has 6 heteroatoms. The van der Waals surface area contributed by atoms with Crippen LogP contribution < -0.4 is 10.7 Å². The van der Waals surface area contributed by atoms with Gasteiger partial charge in [0.15, 0.2) is 0 Å². The molecule has 1 saturated carbocycles. The third-order valence-corrected chi connectivity index (χ3v) is 3.59. The summed E-state index contributed by atoms with van der Waals surface area (Å²) in [6, 6.07) is 5.44. The van der Waals surface area contributed by atoms with Crippen LogP contribution in [0, 0.1) is 5.82 Å². The van der Waals surface area contributed by atoms with Gasteiger partial charge < -0.3 is 5.32 Å². The van der Waals surface area contributed by atoms with Crippen LogP contribution in [0.25, 0.3) is 0 Å². The normalized spacial score (nSPS) is 15.6. The molecule has 2 amide bonds. The highest BCUT2D eigenvalue weighted by Crippen LogP contribution is 2.17. The van der Waals surface area contributed by atoms with E-state index in [1.807, 2.05) is 0 Å². The summed E-state index contributed by atoms with van der Waals surface area (Å²) >= 11 is 0. The molecule has 1 aliphatic rings. The number of amides is 2. The quantitative estimate of drug-likeness (QED) is 0.647. The zero-order valence-electron chi connectivity index (χ0n) is 12.6. The highest BCUT2D eigenvalue weighted by atomic mass is 19.1. The van der Waals surface area contributed by atoms with Crippen LogP contribution in [0.5, 0.6) is 0 Å². The SMILES string of the molecule is CC(CC(=O)NC1CCCC1)=NNC(=O)c1ccc(F)cc1. The number of nitrogens with one attached hydrogen (secondary N) is 2. The van der Waals surface area contributed by atoms with Crippen LogP contribution in [0.15, 0.2) is 29.4 Å². The Morgan fingerprint density at radius 2 is 1.86 bits per heavy atom. The monoisotopic (exact) mass is 305 g/mol. The summed E-state index contributed by atoms with van der Waals surface area (Å²) in [6.45, 7) is 1.68. The van der Waals surface area contributed by atoms with Crippen LogP contribution in [0.1, 0.15) is 49.4 Å². The molecule has 0 saturated heterocycles. The first-order valence-corrected chi connectivity index (χ1v) is 7.43. The molecule has 0 spiro atoms. The highest BCUT2D eigenvalue weighted by Gasteiger charge is 2.17. The number of benzene rings is 1. The lowest BCUT2D eigenvalue weighted by Crippen LogP contribution is -2.33. The molecule has 22 heavy (non-hydrogen) atoms. The van der Waals surface area contributed by atoms with E-state index < -0.39 is 11.7 Å². The van der Waals surface area contributed by atoms with E-state index in [9.17, 15) is 14.0 Å². The Morgan fingerprint density at radius 1 is 1.23 bits per heavy atom. The van der Waals surface area contributed by atoms with Crippen molar-refractivity contribution < 1.29 is 14.0 Å². The van der Waals surface area contributed by atoms with Crippen LogP contribution >= 0.6 is 0 Å². The number of carbonyl (C=O) groups is 2. The van der Waals surface area contributed by atoms with Crippen LogP contribution in [0.3, 0.4) is 0 Å². The molecule has 1 aromatic rings. The van der Waals surface area contributed by atoms with Gasteiger partial charge in [0.2, 0.25) is 5.91 Å². The molecule has 0 unspecified atom stereocenters. The van der Waals surface area contributed by atoms with Crippen molar-refractivity contribution in [2.45, 2.75) is 45.1 Å². The highest BCUT2D eigenvalue weighted by molar-refractivity contribution is 6.01. The lowest BCUT2D eigenvalue weighted by atomic mass is 10.2. The summed E-state index contributed by atoms with van der Waals surface area (Å²) < 4.78 is 12.8. The van der Waals surface area contributed by atoms with Gasteiger partial charge in [-0.15, -0.1) is 0 Å². The van der Waals surface area contributed by atoms with Gasteiger partial charge in [0.1, 0.15) is 5.82 Å². The number of rotatable bonds is 5. The molecule has 2 N–H and O–H groups in total. The van der Waals surface area contributed by atoms with Gasteiger partial charge in [-0.2, -0.15) is 5.10 Å². The molecular formula is C16H20FN3O2. The second-order valence-electron chi connectivity index (χ2n) is 5.52. The molecule has 0 heterocycles. The maximum atomic E-state index is 12.8. The number of halogens is 1. The predicted molar refractivity (Wildman–Crippen MR) is 82.0 cm³/mol. The third kappa shape index (κ3) is 4.95. The Morgan fingerprint density at radius 3 is 2.50 bits per heavy atom. The van der Waals surface area contributed by atoms with E-state index in [-0.39, 0.29) is 18.4 Å². The minimum Gasteiger partial charge on any atom is -0.353 e. The molecular weight excluding hydrogens is 285 g/mol. The number of hydrazone groups is 1. The molecule has 1 fully saturated rings. The van der Waals surface area contributed by atoms with E-state index in [0.717, 1.165) is 25.7 Å². The van der Waals surface area contributed by atoms with Crippen molar-refractivity contribution in [1.29, 1.82) is 0 Å². The Bertz CT molecular complexity index is 563. The molecule has 118 valence electrons. The van der Waals surface area contributed by atoms with Crippen molar-refractivity contribution in [2.24, 2.45) is 5.10 Å². The summed E-state index contributed by atoms with van der Waals surface area (Å²) in [7, 11) is 0. The first-order valence-electron chi connectivity index (χ1n) is 7.43. The molecule has 0 aliphatic heterocycles. The lowest BCUT2D eigenvalue weighted by molar-refractivity contribution is -0.120. The zero-order valence-corrected chi connectivity index (χ0v) is 12.6. The molecule has 1 aromatic carbocycles. The number of carbonyl (C=O) groups excluding carboxylic acids is 2. The second-order valence-corrected chi connectivity index (χ2v) is 5.52. The van der Waals surface area contributed by atoms with E-state index in [4.69, 9.17) is 0 Å². The van der Waals surface area contributed by atoms with Crippen molar-refractivity contribution in [2.75, 3.05) is 0 Å². The molecule has 2 rings (SSSR count). The first kappa shape index (κ1) is 16.1. The number of hydrogen-bond donors (Lipinski definition) is 2. The molecule has 0 radical (unpaired) electrons. The Labute approximate surface area is 129 Å². The summed E-state index contributed by atoms with van der Waals surface area (Å²) in [5.74, 6) is -0.917. The fourth-order valence-corrected chi connectivity index (χ4v) is 2.43. The second kappa shape index (κ2) is 7.68. The number of hydrogen-bond acceptors (Lipinski definition) is 3. The third-order valence-electron chi connectivity index (χ3n) is 3.59. The topological polar surface area (TPSA) is 70.6 Å². The van der Waals surface area contributed by atoms with Crippen LogP contribution in [0.4, 0.5) is 4.39 Å². The van der Waals surface area contributed by atoms with E-state index in [0.29, 0.717) is 11.3 Å². The lowest BCUT2D eigenvalue weighted by Gasteiger charge is -2.11. The van der Waals surface area contributed by atoms with Crippen molar-refractivity contribution in [1.82, 2.24) is 10.7 Å². The van der Waals surface area contributed by atoms with Crippen molar-refractivity contribution in [3.05, 3.63) is 35.6 Å². The standard InChI is InChI=1S/C16H20FN3O2/c1-11(10-15(21)18-14-4-2-3-5-14)19-20-16(22)12-6-8-13(17)9-7-12/h6-9,14H,2-5,10H2,1H3,(H,18,21)(H,20,22). The van der Waals surface area contributed by atoms with Gasteiger partial charge in [0.05, 0.1) is 6.42 Å². The maximum absolute atomic E-state index is 12.8. The zero-order chi connectivity index (χ0) is 15.9. The summed E-state index contributed by atoms with van der Waals surface area (Å²) in [5, 5.41) is 6.86. The Hall–Kier alpha value is -2.24. The van der Waals surface area contributed by atoms with E-state index in [1.54, 1.807) is 6.92 Å². The maximum Gasteiger partial charge on any atom is 0.271 e. The summed E-state index contributed by atoms with van der Waals surface area (Å²) in [4.78, 5) is 23.6. The average molecular weight is 305 g/mol. The van der Waals surface area contributed by atoms with Crippen molar-refractivity contribution >= 4 is 17.5 Å². The first-order chi connectivity index (χ1) is 10.5. The minimum atomic E-state index is -0.435. The Kier molecular flexibility index (Phi) is 5.63. The van der Waals surface area contributed by atoms with Gasteiger partial charge in [0, 0.05) is 17.3 Å². The van der Waals surface area contributed by atoms with E-state index >= 15 is 0 Å². The largest absolute Gasteiger partial charge is 0.353 e. The minimum absolute atomic E-state index is 0.0795. The van der Waals surface area contributed by atoms with Crippen molar-refractivity contribution in [3.63, 3.8) is 0 Å². The summed E-state index contributed by atoms with van der Waals surface area (Å²) in [6.07, 6.45) is 4.53. The predicted octanol–water partition coefficient (Wildman–Crippen LogP) is 2.38. The van der Waals surface area contributed by atoms with Gasteiger partial charge >= 0.3 is 0 Å². The fourth-order valence-electron chi connectivity index (χ4n) is 2.43. The van der Waals surface area contributed by atoms with Crippen LogP contribution in [0.2, 0.25) is 0 Å². The van der Waals surface area contributed by atoms with Gasteiger partial charge in [-0.1, -0.05) is 12.8 Å².